The van der Waals surface area contributed by atoms with Crippen molar-refractivity contribution in [2.45, 2.75) is 13.3 Å². The van der Waals surface area contributed by atoms with E-state index in [4.69, 9.17) is 4.42 Å². The summed E-state index contributed by atoms with van der Waals surface area (Å²) >= 11 is 0. The number of carbonyl (C=O) groups excluding carboxylic acids is 2. The van der Waals surface area contributed by atoms with E-state index < -0.39 is 0 Å². The maximum atomic E-state index is 12.3. The molecule has 0 saturated carbocycles. The first-order valence-corrected chi connectivity index (χ1v) is 6.46. The van der Waals surface area contributed by atoms with Crippen LogP contribution in [0.25, 0.3) is 11.0 Å². The highest BCUT2D eigenvalue weighted by molar-refractivity contribution is 5.97. The summed E-state index contributed by atoms with van der Waals surface area (Å²) in [5.41, 5.74) is 0.715. The van der Waals surface area contributed by atoms with E-state index in [2.05, 4.69) is 0 Å². The van der Waals surface area contributed by atoms with E-state index in [1.165, 1.54) is 0 Å². The zero-order valence-corrected chi connectivity index (χ0v) is 10.8. The lowest BCUT2D eigenvalue weighted by atomic mass is 9.98. The van der Waals surface area contributed by atoms with Crippen LogP contribution in [0.5, 0.6) is 0 Å². The topological polar surface area (TPSA) is 50.5 Å². The summed E-state index contributed by atoms with van der Waals surface area (Å²) in [5, 5.41) is 0.923. The number of ketones is 1. The van der Waals surface area contributed by atoms with Gasteiger partial charge in [0.25, 0.3) is 5.91 Å². The largest absolute Gasteiger partial charge is 0.451 e. The molecule has 0 aliphatic carbocycles. The quantitative estimate of drug-likeness (QED) is 0.788. The normalized spacial score (nSPS) is 19.9. The van der Waals surface area contributed by atoms with E-state index in [1.807, 2.05) is 31.2 Å². The smallest absolute Gasteiger partial charge is 0.289 e. The van der Waals surface area contributed by atoms with Crippen molar-refractivity contribution in [1.29, 1.82) is 0 Å². The molecule has 98 valence electrons. The number of nitrogens with zero attached hydrogens (tertiary/aromatic N) is 1. The minimum absolute atomic E-state index is 0.0814. The summed E-state index contributed by atoms with van der Waals surface area (Å²) in [6, 6.07) is 9.31. The van der Waals surface area contributed by atoms with Crippen LogP contribution in [0.4, 0.5) is 0 Å². The van der Waals surface area contributed by atoms with Crippen molar-refractivity contribution in [3.05, 3.63) is 36.1 Å². The fourth-order valence-electron chi connectivity index (χ4n) is 2.44. The predicted octanol–water partition coefficient (Wildman–Crippen LogP) is 2.48. The van der Waals surface area contributed by atoms with Gasteiger partial charge in [0.15, 0.2) is 5.76 Å². The van der Waals surface area contributed by atoms with Crippen molar-refractivity contribution in [1.82, 2.24) is 4.90 Å². The van der Waals surface area contributed by atoms with Crippen LogP contribution in [-0.4, -0.2) is 29.7 Å². The molecule has 1 saturated heterocycles. The molecule has 1 unspecified atom stereocenters. The van der Waals surface area contributed by atoms with Crippen molar-refractivity contribution in [2.24, 2.45) is 5.92 Å². The second-order valence-corrected chi connectivity index (χ2v) is 5.02. The van der Waals surface area contributed by atoms with E-state index >= 15 is 0 Å². The number of rotatable bonds is 1. The first kappa shape index (κ1) is 12.0. The number of hydrogen-bond acceptors (Lipinski definition) is 3. The molecule has 4 nitrogen and oxygen atoms in total. The van der Waals surface area contributed by atoms with Crippen LogP contribution in [0.2, 0.25) is 0 Å². The second kappa shape index (κ2) is 4.53. The highest BCUT2D eigenvalue weighted by Crippen LogP contribution is 2.22. The monoisotopic (exact) mass is 257 g/mol. The number of carbonyl (C=O) groups is 2. The van der Waals surface area contributed by atoms with Crippen molar-refractivity contribution < 1.29 is 14.0 Å². The Morgan fingerprint density at radius 3 is 2.89 bits per heavy atom. The number of hydrogen-bond donors (Lipinski definition) is 0. The molecule has 1 aliphatic heterocycles. The lowest BCUT2D eigenvalue weighted by molar-refractivity contribution is -0.124. The molecule has 0 bridgehead atoms. The molecule has 3 rings (SSSR count). The van der Waals surface area contributed by atoms with E-state index in [0.29, 0.717) is 30.9 Å². The Kier molecular flexibility index (Phi) is 2.85. The number of likely N-dealkylation sites (tertiary alicyclic amines) is 1. The van der Waals surface area contributed by atoms with Gasteiger partial charge in [0.05, 0.1) is 0 Å². The van der Waals surface area contributed by atoms with E-state index in [1.54, 1.807) is 11.0 Å². The van der Waals surface area contributed by atoms with E-state index in [0.717, 1.165) is 5.39 Å². The van der Waals surface area contributed by atoms with Gasteiger partial charge in [-0.05, 0) is 12.1 Å². The third-order valence-electron chi connectivity index (χ3n) is 3.60. The van der Waals surface area contributed by atoms with Gasteiger partial charge in [0.2, 0.25) is 0 Å². The summed E-state index contributed by atoms with van der Waals surface area (Å²) in [7, 11) is 0. The molecule has 1 aliphatic rings. The highest BCUT2D eigenvalue weighted by atomic mass is 16.3. The maximum absolute atomic E-state index is 12.3. The standard InChI is InChI=1S/C15H15NO3/c1-10-9-16(7-6-12(10)17)15(18)14-8-11-4-2-3-5-13(11)19-14/h2-5,8,10H,6-7,9H2,1H3. The van der Waals surface area contributed by atoms with Crippen LogP contribution >= 0.6 is 0 Å². The van der Waals surface area contributed by atoms with Gasteiger partial charge < -0.3 is 9.32 Å². The molecule has 0 radical (unpaired) electrons. The van der Waals surface area contributed by atoms with Gasteiger partial charge in [-0.25, -0.2) is 0 Å². The molecule has 4 heteroatoms. The Morgan fingerprint density at radius 2 is 2.16 bits per heavy atom. The molecule has 1 aromatic carbocycles. The average Bonchev–Trinajstić information content (AvgIpc) is 2.85. The number of furan rings is 1. The zero-order chi connectivity index (χ0) is 13.4. The molecule has 1 atom stereocenters. The Labute approximate surface area is 111 Å². The van der Waals surface area contributed by atoms with Crippen LogP contribution in [0.1, 0.15) is 23.9 Å². The second-order valence-electron chi connectivity index (χ2n) is 5.02. The van der Waals surface area contributed by atoms with Gasteiger partial charge in [0, 0.05) is 30.8 Å². The van der Waals surface area contributed by atoms with Crippen LogP contribution < -0.4 is 0 Å². The number of Topliss-reactive ketones (excluding diaryl/α,β-unsaturated/α-hetero) is 1. The molecule has 1 fully saturated rings. The first-order chi connectivity index (χ1) is 9.15. The van der Waals surface area contributed by atoms with E-state index in [9.17, 15) is 9.59 Å². The summed E-state index contributed by atoms with van der Waals surface area (Å²) in [6.45, 7) is 2.83. The van der Waals surface area contributed by atoms with Gasteiger partial charge in [-0.1, -0.05) is 25.1 Å². The third kappa shape index (κ3) is 2.14. The van der Waals surface area contributed by atoms with Crippen molar-refractivity contribution in [3.8, 4) is 0 Å². The Balaban J connectivity index is 1.85. The van der Waals surface area contributed by atoms with Crippen LogP contribution in [0.15, 0.2) is 34.7 Å². The molecular formula is C15H15NO3. The Hall–Kier alpha value is -2.10. The molecule has 2 heterocycles. The molecule has 1 amide bonds. The van der Waals surface area contributed by atoms with Gasteiger partial charge in [0.1, 0.15) is 11.4 Å². The molecule has 2 aromatic rings. The summed E-state index contributed by atoms with van der Waals surface area (Å²) in [5.74, 6) is 0.369. The van der Waals surface area contributed by atoms with Crippen molar-refractivity contribution in [3.63, 3.8) is 0 Å². The number of fused-ring (bicyclic) bond motifs is 1. The van der Waals surface area contributed by atoms with Gasteiger partial charge in [-0.2, -0.15) is 0 Å². The summed E-state index contributed by atoms with van der Waals surface area (Å²) in [6.07, 6.45) is 0.438. The highest BCUT2D eigenvalue weighted by Gasteiger charge is 2.28. The van der Waals surface area contributed by atoms with Crippen LogP contribution in [0, 0.1) is 5.92 Å². The van der Waals surface area contributed by atoms with Crippen molar-refractivity contribution >= 4 is 22.7 Å². The Morgan fingerprint density at radius 1 is 1.37 bits per heavy atom. The third-order valence-corrected chi connectivity index (χ3v) is 3.60. The van der Waals surface area contributed by atoms with Gasteiger partial charge in [-0.3, -0.25) is 9.59 Å². The average molecular weight is 257 g/mol. The summed E-state index contributed by atoms with van der Waals surface area (Å²) < 4.78 is 5.57. The Bertz CT molecular complexity index is 611. The molecule has 1 aromatic heterocycles. The van der Waals surface area contributed by atoms with Gasteiger partial charge in [-0.15, -0.1) is 0 Å². The van der Waals surface area contributed by atoms with Crippen LogP contribution in [-0.2, 0) is 4.79 Å². The number of para-hydroxylation sites is 1. The predicted molar refractivity (Wildman–Crippen MR) is 70.9 cm³/mol. The minimum atomic E-state index is -0.129. The molecule has 0 spiro atoms. The lowest BCUT2D eigenvalue weighted by Gasteiger charge is -2.29. The SMILES string of the molecule is CC1CN(C(=O)c2cc3ccccc3o2)CCC1=O. The molecule has 19 heavy (non-hydrogen) atoms. The van der Waals surface area contributed by atoms with Crippen molar-refractivity contribution in [2.75, 3.05) is 13.1 Å². The summed E-state index contributed by atoms with van der Waals surface area (Å²) in [4.78, 5) is 25.5. The minimum Gasteiger partial charge on any atom is -0.451 e. The lowest BCUT2D eigenvalue weighted by Crippen LogP contribution is -2.43. The first-order valence-electron chi connectivity index (χ1n) is 6.46. The fraction of sp³-hybridized carbons (Fsp3) is 0.333. The number of amides is 1. The van der Waals surface area contributed by atoms with E-state index in [-0.39, 0.29) is 17.6 Å². The fourth-order valence-corrected chi connectivity index (χ4v) is 2.44. The number of piperidine rings is 1. The van der Waals surface area contributed by atoms with Crippen LogP contribution in [0.3, 0.4) is 0 Å². The molecular weight excluding hydrogens is 242 g/mol. The maximum Gasteiger partial charge on any atom is 0.289 e. The number of benzene rings is 1. The van der Waals surface area contributed by atoms with Gasteiger partial charge >= 0.3 is 0 Å². The zero-order valence-electron chi connectivity index (χ0n) is 10.8. The molecule has 0 N–H and O–H groups in total.